The van der Waals surface area contributed by atoms with Gasteiger partial charge in [0.05, 0.1) is 6.10 Å². The summed E-state index contributed by atoms with van der Waals surface area (Å²) in [6.07, 6.45) is 6.33. The fourth-order valence-electron chi connectivity index (χ4n) is 3.26. The third-order valence-electron chi connectivity index (χ3n) is 3.80. The Hall–Kier alpha value is -0.0800. The van der Waals surface area contributed by atoms with Crippen molar-refractivity contribution in [3.05, 3.63) is 0 Å². The molecule has 0 aliphatic heterocycles. The molecule has 0 amide bonds. The van der Waals surface area contributed by atoms with Crippen LogP contribution in [0.1, 0.15) is 59.8 Å². The first-order valence-electron chi connectivity index (χ1n) is 7.87. The van der Waals surface area contributed by atoms with E-state index in [0.29, 0.717) is 11.8 Å². The van der Waals surface area contributed by atoms with Gasteiger partial charge in [0.15, 0.2) is 0 Å². The third kappa shape index (κ3) is 6.75. The van der Waals surface area contributed by atoms with E-state index in [1.807, 2.05) is 0 Å². The van der Waals surface area contributed by atoms with E-state index in [4.69, 9.17) is 0 Å². The molecule has 0 saturated heterocycles. The molecule has 1 unspecified atom stereocenters. The summed E-state index contributed by atoms with van der Waals surface area (Å²) in [7, 11) is 0. The van der Waals surface area contributed by atoms with Crippen molar-refractivity contribution in [3.63, 3.8) is 0 Å². The van der Waals surface area contributed by atoms with Crippen LogP contribution in [0.4, 0.5) is 0 Å². The zero-order valence-corrected chi connectivity index (χ0v) is 12.9. The van der Waals surface area contributed by atoms with Crippen LogP contribution in [0.3, 0.4) is 0 Å². The van der Waals surface area contributed by atoms with Gasteiger partial charge in [-0.15, -0.1) is 0 Å². The number of rotatable bonds is 8. The summed E-state index contributed by atoms with van der Waals surface area (Å²) in [4.78, 5) is 2.45. The van der Waals surface area contributed by atoms with Gasteiger partial charge in [-0.1, -0.05) is 53.4 Å². The highest BCUT2D eigenvalue weighted by atomic mass is 16.3. The molecular formula is C16H33NO. The Labute approximate surface area is 114 Å². The monoisotopic (exact) mass is 255 g/mol. The van der Waals surface area contributed by atoms with Crippen molar-refractivity contribution < 1.29 is 5.11 Å². The first-order chi connectivity index (χ1) is 8.47. The number of hydrogen-bond donors (Lipinski definition) is 1. The molecule has 2 nitrogen and oxygen atoms in total. The molecule has 0 radical (unpaired) electrons. The van der Waals surface area contributed by atoms with Crippen LogP contribution in [0, 0.1) is 17.8 Å². The van der Waals surface area contributed by atoms with Crippen LogP contribution in [0.15, 0.2) is 0 Å². The Kier molecular flexibility index (Phi) is 7.25. The summed E-state index contributed by atoms with van der Waals surface area (Å²) in [5.41, 5.74) is 0. The quantitative estimate of drug-likeness (QED) is 0.717. The van der Waals surface area contributed by atoms with Gasteiger partial charge < -0.3 is 10.0 Å². The van der Waals surface area contributed by atoms with E-state index in [9.17, 15) is 5.11 Å². The summed E-state index contributed by atoms with van der Waals surface area (Å²) in [6.45, 7) is 12.1. The van der Waals surface area contributed by atoms with Crippen LogP contribution in [0.5, 0.6) is 0 Å². The van der Waals surface area contributed by atoms with Gasteiger partial charge in [-0.3, -0.25) is 0 Å². The Morgan fingerprint density at radius 2 is 1.44 bits per heavy atom. The molecule has 1 saturated carbocycles. The van der Waals surface area contributed by atoms with Gasteiger partial charge in [0, 0.05) is 19.6 Å². The van der Waals surface area contributed by atoms with Crippen molar-refractivity contribution in [1.29, 1.82) is 0 Å². The molecule has 0 bridgehead atoms. The molecule has 0 aromatic rings. The predicted octanol–water partition coefficient (Wildman–Crippen LogP) is 3.54. The standard InChI is InChI=1S/C16H33NO/c1-13(2)10-17(11-14(3)4)12-16(18)9-15-7-5-6-8-15/h13-16,18H,5-12H2,1-4H3. The normalized spacial score (nSPS) is 19.3. The zero-order chi connectivity index (χ0) is 13.5. The molecule has 1 fully saturated rings. The number of hydrogen-bond acceptors (Lipinski definition) is 2. The predicted molar refractivity (Wildman–Crippen MR) is 78.7 cm³/mol. The van der Waals surface area contributed by atoms with E-state index in [2.05, 4.69) is 32.6 Å². The van der Waals surface area contributed by atoms with Gasteiger partial charge >= 0.3 is 0 Å². The summed E-state index contributed by atoms with van der Waals surface area (Å²) in [5, 5.41) is 10.3. The second kappa shape index (κ2) is 8.16. The topological polar surface area (TPSA) is 23.5 Å². The molecule has 1 atom stereocenters. The summed E-state index contributed by atoms with van der Waals surface area (Å²) >= 11 is 0. The lowest BCUT2D eigenvalue weighted by molar-refractivity contribution is 0.0802. The van der Waals surface area contributed by atoms with E-state index < -0.39 is 0 Å². The molecule has 0 aromatic heterocycles. The Morgan fingerprint density at radius 3 is 1.89 bits per heavy atom. The highest BCUT2D eigenvalue weighted by molar-refractivity contribution is 4.74. The van der Waals surface area contributed by atoms with Crippen LogP contribution >= 0.6 is 0 Å². The molecule has 0 aromatic carbocycles. The van der Waals surface area contributed by atoms with Crippen molar-refractivity contribution in [2.75, 3.05) is 19.6 Å². The molecule has 0 spiro atoms. The lowest BCUT2D eigenvalue weighted by atomic mass is 9.99. The summed E-state index contributed by atoms with van der Waals surface area (Å²) < 4.78 is 0. The minimum atomic E-state index is -0.120. The third-order valence-corrected chi connectivity index (χ3v) is 3.80. The Morgan fingerprint density at radius 1 is 0.944 bits per heavy atom. The van der Waals surface area contributed by atoms with Crippen LogP contribution in [0.25, 0.3) is 0 Å². The molecule has 108 valence electrons. The minimum Gasteiger partial charge on any atom is -0.392 e. The second-order valence-corrected chi connectivity index (χ2v) is 7.05. The van der Waals surface area contributed by atoms with Gasteiger partial charge in [0.1, 0.15) is 0 Å². The highest BCUT2D eigenvalue weighted by Gasteiger charge is 2.21. The molecule has 2 heteroatoms. The van der Waals surface area contributed by atoms with E-state index in [1.54, 1.807) is 0 Å². The smallest absolute Gasteiger partial charge is 0.0669 e. The lowest BCUT2D eigenvalue weighted by Gasteiger charge is -2.29. The largest absolute Gasteiger partial charge is 0.392 e. The van der Waals surface area contributed by atoms with Crippen LogP contribution in [-0.4, -0.2) is 35.7 Å². The summed E-state index contributed by atoms with van der Waals surface area (Å²) in [5.74, 6) is 2.16. The van der Waals surface area contributed by atoms with Crippen molar-refractivity contribution in [2.24, 2.45) is 17.8 Å². The molecule has 0 heterocycles. The number of aliphatic hydroxyl groups excluding tert-OH is 1. The Balaban J connectivity index is 2.32. The van der Waals surface area contributed by atoms with Gasteiger partial charge in [-0.2, -0.15) is 0 Å². The van der Waals surface area contributed by atoms with Crippen molar-refractivity contribution in [2.45, 2.75) is 65.9 Å². The maximum Gasteiger partial charge on any atom is 0.0669 e. The van der Waals surface area contributed by atoms with Gasteiger partial charge in [0.2, 0.25) is 0 Å². The molecule has 1 rings (SSSR count). The number of nitrogens with zero attached hydrogens (tertiary/aromatic N) is 1. The van der Waals surface area contributed by atoms with Crippen molar-refractivity contribution in [1.82, 2.24) is 4.90 Å². The fraction of sp³-hybridized carbons (Fsp3) is 1.00. The first-order valence-corrected chi connectivity index (χ1v) is 7.87. The number of aliphatic hydroxyl groups is 1. The van der Waals surface area contributed by atoms with E-state index in [-0.39, 0.29) is 6.10 Å². The highest BCUT2D eigenvalue weighted by Crippen LogP contribution is 2.28. The maximum atomic E-state index is 10.3. The average Bonchev–Trinajstić information content (AvgIpc) is 2.67. The maximum absolute atomic E-state index is 10.3. The van der Waals surface area contributed by atoms with Crippen LogP contribution in [-0.2, 0) is 0 Å². The van der Waals surface area contributed by atoms with Crippen molar-refractivity contribution in [3.8, 4) is 0 Å². The zero-order valence-electron chi connectivity index (χ0n) is 12.9. The molecular weight excluding hydrogens is 222 g/mol. The van der Waals surface area contributed by atoms with E-state index >= 15 is 0 Å². The van der Waals surface area contributed by atoms with Crippen LogP contribution < -0.4 is 0 Å². The summed E-state index contributed by atoms with van der Waals surface area (Å²) in [6, 6.07) is 0. The SMILES string of the molecule is CC(C)CN(CC(C)C)CC(O)CC1CCCC1. The van der Waals surface area contributed by atoms with Crippen LogP contribution in [0.2, 0.25) is 0 Å². The van der Waals surface area contributed by atoms with Gasteiger partial charge in [0.25, 0.3) is 0 Å². The van der Waals surface area contributed by atoms with Gasteiger partial charge in [-0.05, 0) is 24.2 Å². The fourth-order valence-corrected chi connectivity index (χ4v) is 3.26. The second-order valence-electron chi connectivity index (χ2n) is 7.05. The van der Waals surface area contributed by atoms with E-state index in [1.165, 1.54) is 25.7 Å². The molecule has 1 aliphatic carbocycles. The van der Waals surface area contributed by atoms with E-state index in [0.717, 1.165) is 32.0 Å². The minimum absolute atomic E-state index is 0.120. The molecule has 1 aliphatic rings. The first kappa shape index (κ1) is 16.0. The molecule has 18 heavy (non-hydrogen) atoms. The van der Waals surface area contributed by atoms with Gasteiger partial charge in [-0.25, -0.2) is 0 Å². The Bertz CT molecular complexity index is 199. The van der Waals surface area contributed by atoms with Crippen molar-refractivity contribution >= 4 is 0 Å². The lowest BCUT2D eigenvalue weighted by Crippen LogP contribution is -2.38. The average molecular weight is 255 g/mol. The molecule has 1 N–H and O–H groups in total.